The van der Waals surface area contributed by atoms with Crippen LogP contribution in [0.3, 0.4) is 0 Å². The van der Waals surface area contributed by atoms with Crippen LogP contribution in [-0.2, 0) is 19.6 Å². The Bertz CT molecular complexity index is 644. The van der Waals surface area contributed by atoms with Crippen LogP contribution < -0.4 is 10.6 Å². The van der Waals surface area contributed by atoms with Crippen molar-refractivity contribution >= 4 is 5.96 Å². The van der Waals surface area contributed by atoms with E-state index in [4.69, 9.17) is 4.99 Å². The normalized spacial score (nSPS) is 11.8. The smallest absolute Gasteiger partial charge is 0.191 e. The summed E-state index contributed by atoms with van der Waals surface area (Å²) in [4.78, 5) is 7.16. The lowest BCUT2D eigenvalue weighted by Gasteiger charge is -2.18. The van der Waals surface area contributed by atoms with E-state index in [0.717, 1.165) is 45.2 Å². The third-order valence-electron chi connectivity index (χ3n) is 4.38. The molecule has 0 saturated carbocycles. The molecule has 0 aliphatic carbocycles. The summed E-state index contributed by atoms with van der Waals surface area (Å²) in [6.45, 7) is 13.0. The largest absolute Gasteiger partial charge is 0.357 e. The zero-order valence-electron chi connectivity index (χ0n) is 16.4. The Morgan fingerprint density at radius 1 is 1.00 bits per heavy atom. The molecule has 0 bridgehead atoms. The van der Waals surface area contributed by atoms with Crippen molar-refractivity contribution in [3.8, 4) is 0 Å². The van der Waals surface area contributed by atoms with Gasteiger partial charge in [-0.1, -0.05) is 38.1 Å². The molecule has 0 unspecified atom stereocenters. The van der Waals surface area contributed by atoms with Crippen molar-refractivity contribution in [3.05, 3.63) is 59.9 Å². The maximum absolute atomic E-state index is 4.73. The van der Waals surface area contributed by atoms with Gasteiger partial charge in [0.2, 0.25) is 0 Å². The second kappa shape index (κ2) is 11.4. The number of aliphatic imine (C=N–C) groups is 1. The summed E-state index contributed by atoms with van der Waals surface area (Å²) >= 11 is 0. The summed E-state index contributed by atoms with van der Waals surface area (Å²) in [6.07, 6.45) is 4.15. The van der Waals surface area contributed by atoms with E-state index in [9.17, 15) is 0 Å². The summed E-state index contributed by atoms with van der Waals surface area (Å²) in [5.41, 5.74) is 2.60. The molecular weight excluding hydrogens is 322 g/mol. The SMILES string of the molecule is CCNC(=NCc1cccc(CN(CC)CC)c1)NCCn1cccc1. The number of hydrogen-bond acceptors (Lipinski definition) is 2. The van der Waals surface area contributed by atoms with Crippen molar-refractivity contribution in [1.82, 2.24) is 20.1 Å². The van der Waals surface area contributed by atoms with Crippen molar-refractivity contribution < 1.29 is 0 Å². The third kappa shape index (κ3) is 6.92. The Morgan fingerprint density at radius 3 is 2.42 bits per heavy atom. The highest BCUT2D eigenvalue weighted by Gasteiger charge is 2.03. The number of nitrogens with zero attached hydrogens (tertiary/aromatic N) is 3. The predicted molar refractivity (Wildman–Crippen MR) is 110 cm³/mol. The summed E-state index contributed by atoms with van der Waals surface area (Å²) in [5, 5.41) is 6.72. The van der Waals surface area contributed by atoms with Gasteiger partial charge in [0.05, 0.1) is 6.54 Å². The molecule has 0 aliphatic rings. The van der Waals surface area contributed by atoms with Crippen molar-refractivity contribution in [2.75, 3.05) is 26.2 Å². The quantitative estimate of drug-likeness (QED) is 0.508. The van der Waals surface area contributed by atoms with Gasteiger partial charge >= 0.3 is 0 Å². The first kappa shape index (κ1) is 20.0. The highest BCUT2D eigenvalue weighted by Crippen LogP contribution is 2.09. The molecule has 1 aromatic carbocycles. The molecule has 0 saturated heterocycles. The van der Waals surface area contributed by atoms with Crippen LogP contribution in [0.25, 0.3) is 0 Å². The molecule has 0 radical (unpaired) electrons. The molecule has 142 valence electrons. The van der Waals surface area contributed by atoms with E-state index < -0.39 is 0 Å². The minimum atomic E-state index is 0.685. The predicted octanol–water partition coefficient (Wildman–Crippen LogP) is 3.09. The van der Waals surface area contributed by atoms with Gasteiger partial charge in [0.15, 0.2) is 5.96 Å². The topological polar surface area (TPSA) is 44.6 Å². The number of nitrogens with one attached hydrogen (secondary N) is 2. The van der Waals surface area contributed by atoms with Crippen molar-refractivity contribution in [2.24, 2.45) is 4.99 Å². The van der Waals surface area contributed by atoms with Gasteiger partial charge in [0.1, 0.15) is 0 Å². The first-order chi connectivity index (χ1) is 12.7. The van der Waals surface area contributed by atoms with Crippen LogP contribution in [0.15, 0.2) is 53.8 Å². The summed E-state index contributed by atoms with van der Waals surface area (Å²) in [6, 6.07) is 12.8. The molecule has 5 nitrogen and oxygen atoms in total. The van der Waals surface area contributed by atoms with Crippen LogP contribution in [0, 0.1) is 0 Å². The van der Waals surface area contributed by atoms with Crippen LogP contribution in [-0.4, -0.2) is 41.6 Å². The average Bonchev–Trinajstić information content (AvgIpc) is 3.18. The molecule has 0 fully saturated rings. The van der Waals surface area contributed by atoms with Gasteiger partial charge in [-0.05, 0) is 43.3 Å². The lowest BCUT2D eigenvalue weighted by molar-refractivity contribution is 0.296. The van der Waals surface area contributed by atoms with Crippen LogP contribution in [0.1, 0.15) is 31.9 Å². The molecule has 5 heteroatoms. The maximum Gasteiger partial charge on any atom is 0.191 e. The van der Waals surface area contributed by atoms with Crippen LogP contribution >= 0.6 is 0 Å². The average molecular weight is 356 g/mol. The van der Waals surface area contributed by atoms with Gasteiger partial charge in [0, 0.05) is 38.6 Å². The van der Waals surface area contributed by atoms with Crippen molar-refractivity contribution in [1.29, 1.82) is 0 Å². The Morgan fingerprint density at radius 2 is 1.73 bits per heavy atom. The van der Waals surface area contributed by atoms with E-state index in [1.807, 2.05) is 12.1 Å². The first-order valence-corrected chi connectivity index (χ1v) is 9.68. The second-order valence-electron chi connectivity index (χ2n) is 6.32. The fourth-order valence-electron chi connectivity index (χ4n) is 2.87. The van der Waals surface area contributed by atoms with E-state index in [2.05, 4.69) is 77.5 Å². The van der Waals surface area contributed by atoms with Gasteiger partial charge in [-0.15, -0.1) is 0 Å². The van der Waals surface area contributed by atoms with Gasteiger partial charge in [-0.3, -0.25) is 4.90 Å². The van der Waals surface area contributed by atoms with Crippen molar-refractivity contribution in [2.45, 2.75) is 40.4 Å². The Kier molecular flexibility index (Phi) is 8.76. The molecule has 0 aliphatic heterocycles. The number of guanidine groups is 1. The van der Waals surface area contributed by atoms with E-state index in [1.165, 1.54) is 11.1 Å². The minimum absolute atomic E-state index is 0.685. The molecule has 0 atom stereocenters. The van der Waals surface area contributed by atoms with Crippen molar-refractivity contribution in [3.63, 3.8) is 0 Å². The number of hydrogen-bond donors (Lipinski definition) is 2. The van der Waals surface area contributed by atoms with E-state index in [1.54, 1.807) is 0 Å². The van der Waals surface area contributed by atoms with Crippen LogP contribution in [0.5, 0.6) is 0 Å². The number of rotatable bonds is 10. The lowest BCUT2D eigenvalue weighted by Crippen LogP contribution is -2.38. The van der Waals surface area contributed by atoms with E-state index in [0.29, 0.717) is 6.54 Å². The summed E-state index contributed by atoms with van der Waals surface area (Å²) in [5.74, 6) is 0.869. The Balaban J connectivity index is 1.90. The van der Waals surface area contributed by atoms with E-state index >= 15 is 0 Å². The maximum atomic E-state index is 4.73. The van der Waals surface area contributed by atoms with E-state index in [-0.39, 0.29) is 0 Å². The molecule has 2 rings (SSSR count). The Hall–Kier alpha value is -2.27. The fraction of sp³-hybridized carbons (Fsp3) is 0.476. The second-order valence-corrected chi connectivity index (χ2v) is 6.32. The molecule has 1 aromatic heterocycles. The molecule has 2 aromatic rings. The number of aromatic nitrogens is 1. The highest BCUT2D eigenvalue weighted by molar-refractivity contribution is 5.79. The van der Waals surface area contributed by atoms with Gasteiger partial charge in [-0.2, -0.15) is 0 Å². The lowest BCUT2D eigenvalue weighted by atomic mass is 10.1. The number of benzene rings is 1. The van der Waals surface area contributed by atoms with Gasteiger partial charge in [0.25, 0.3) is 0 Å². The molecule has 1 heterocycles. The van der Waals surface area contributed by atoms with Crippen LogP contribution in [0.4, 0.5) is 0 Å². The summed E-state index contributed by atoms with van der Waals surface area (Å²) < 4.78 is 2.16. The standard InChI is InChI=1S/C21H33N5/c1-4-22-21(23-12-15-26-13-7-8-14-26)24-17-19-10-9-11-20(16-19)18-25(5-2)6-3/h7-11,13-14,16H,4-6,12,15,17-18H2,1-3H3,(H2,22,23,24). The molecule has 0 amide bonds. The zero-order valence-corrected chi connectivity index (χ0v) is 16.4. The highest BCUT2D eigenvalue weighted by atomic mass is 15.2. The van der Waals surface area contributed by atoms with Crippen LogP contribution in [0.2, 0.25) is 0 Å². The Labute approximate surface area is 158 Å². The molecule has 26 heavy (non-hydrogen) atoms. The monoisotopic (exact) mass is 355 g/mol. The molecule has 2 N–H and O–H groups in total. The first-order valence-electron chi connectivity index (χ1n) is 9.68. The fourth-order valence-corrected chi connectivity index (χ4v) is 2.87. The molecule has 0 spiro atoms. The molecular formula is C21H33N5. The third-order valence-corrected chi connectivity index (χ3v) is 4.38. The van der Waals surface area contributed by atoms with Gasteiger partial charge < -0.3 is 15.2 Å². The van der Waals surface area contributed by atoms with Gasteiger partial charge in [-0.25, -0.2) is 4.99 Å². The zero-order chi connectivity index (χ0) is 18.6. The minimum Gasteiger partial charge on any atom is -0.357 e. The summed E-state index contributed by atoms with van der Waals surface area (Å²) in [7, 11) is 0.